The molecule has 0 saturated carbocycles. The van der Waals surface area contributed by atoms with Crippen molar-refractivity contribution in [3.63, 3.8) is 0 Å². The quantitative estimate of drug-likeness (QED) is 0.646. The summed E-state index contributed by atoms with van der Waals surface area (Å²) in [6.45, 7) is 5.61. The first-order valence-electron chi connectivity index (χ1n) is 4.56. The third-order valence-corrected chi connectivity index (χ3v) is 1.71. The maximum Gasteiger partial charge on any atom is 0.405 e. The van der Waals surface area contributed by atoms with E-state index in [1.165, 1.54) is 6.92 Å². The van der Waals surface area contributed by atoms with Crippen LogP contribution < -0.4 is 11.1 Å². The van der Waals surface area contributed by atoms with E-state index < -0.39 is 11.7 Å². The highest BCUT2D eigenvalue weighted by atomic mass is 16.6. The molecule has 0 bridgehead atoms. The molecule has 0 fully saturated rings. The lowest BCUT2D eigenvalue weighted by Crippen LogP contribution is -2.32. The summed E-state index contributed by atoms with van der Waals surface area (Å²) in [5.41, 5.74) is 4.33. The smallest absolute Gasteiger partial charge is 0.405 e. The Bertz CT molecular complexity index is 214. The van der Waals surface area contributed by atoms with E-state index in [-0.39, 0.29) is 5.91 Å². The summed E-state index contributed by atoms with van der Waals surface area (Å²) in [6, 6.07) is 0. The molecule has 14 heavy (non-hydrogen) atoms. The van der Waals surface area contributed by atoms with Gasteiger partial charge in [-0.25, -0.2) is 4.79 Å². The first kappa shape index (κ1) is 12.7. The lowest BCUT2D eigenvalue weighted by atomic mass is 10.0. The predicted octanol–water partition coefficient (Wildman–Crippen LogP) is 0.777. The minimum absolute atomic E-state index is 0.0568. The van der Waals surface area contributed by atoms with Crippen LogP contribution in [0.3, 0.4) is 0 Å². The molecule has 0 aliphatic heterocycles. The highest BCUT2D eigenvalue weighted by molar-refractivity contribution is 5.72. The summed E-state index contributed by atoms with van der Waals surface area (Å²) < 4.78 is 4.87. The maximum absolute atomic E-state index is 10.5. The van der Waals surface area contributed by atoms with Crippen LogP contribution in [0.1, 0.15) is 33.6 Å². The van der Waals surface area contributed by atoms with Crippen LogP contribution in [0.4, 0.5) is 4.79 Å². The second-order valence-corrected chi connectivity index (χ2v) is 3.77. The minimum Gasteiger partial charge on any atom is -0.444 e. The van der Waals surface area contributed by atoms with Crippen LogP contribution in [0.2, 0.25) is 0 Å². The molecular weight excluding hydrogens is 184 g/mol. The zero-order valence-corrected chi connectivity index (χ0v) is 8.92. The number of hydrogen-bond acceptors (Lipinski definition) is 3. The van der Waals surface area contributed by atoms with E-state index in [0.717, 1.165) is 6.42 Å². The molecule has 2 amide bonds. The molecule has 0 aromatic rings. The Morgan fingerprint density at radius 1 is 1.43 bits per heavy atom. The first-order valence-corrected chi connectivity index (χ1v) is 4.56. The van der Waals surface area contributed by atoms with Gasteiger partial charge < -0.3 is 15.8 Å². The number of carbonyl (C=O) groups is 2. The summed E-state index contributed by atoms with van der Waals surface area (Å²) in [6.07, 6.45) is 0.644. The fraction of sp³-hybridized carbons (Fsp3) is 0.778. The number of carbonyl (C=O) groups excluding carboxylic acids is 2. The maximum atomic E-state index is 10.5. The van der Waals surface area contributed by atoms with Gasteiger partial charge >= 0.3 is 6.09 Å². The summed E-state index contributed by atoms with van der Waals surface area (Å²) in [4.78, 5) is 21.0. The average Bonchev–Trinajstić information content (AvgIpc) is 1.95. The van der Waals surface area contributed by atoms with Crippen molar-refractivity contribution in [3.05, 3.63) is 0 Å². The number of nitrogens with one attached hydrogen (secondary N) is 1. The van der Waals surface area contributed by atoms with Crippen molar-refractivity contribution in [1.82, 2.24) is 5.32 Å². The lowest BCUT2D eigenvalue weighted by molar-refractivity contribution is -0.119. The molecule has 0 rings (SSSR count). The van der Waals surface area contributed by atoms with E-state index in [2.05, 4.69) is 5.32 Å². The summed E-state index contributed by atoms with van der Waals surface area (Å²) in [7, 11) is 0. The van der Waals surface area contributed by atoms with E-state index in [9.17, 15) is 9.59 Å². The van der Waals surface area contributed by atoms with Crippen molar-refractivity contribution in [2.45, 2.75) is 39.2 Å². The van der Waals surface area contributed by atoms with E-state index in [0.29, 0.717) is 13.0 Å². The largest absolute Gasteiger partial charge is 0.444 e. The molecule has 0 aliphatic rings. The topological polar surface area (TPSA) is 81.4 Å². The number of amides is 2. The Morgan fingerprint density at radius 2 is 2.00 bits per heavy atom. The average molecular weight is 202 g/mol. The molecule has 5 nitrogen and oxygen atoms in total. The number of ether oxygens (including phenoxy) is 1. The summed E-state index contributed by atoms with van der Waals surface area (Å²) >= 11 is 0. The summed E-state index contributed by atoms with van der Waals surface area (Å²) in [5, 5.41) is 2.66. The Kier molecular flexibility index (Phi) is 4.97. The highest BCUT2D eigenvalue weighted by Crippen LogP contribution is 2.15. The number of primary amides is 1. The number of rotatable bonds is 5. The molecular formula is C9H18N2O3. The van der Waals surface area contributed by atoms with Crippen LogP contribution in [-0.4, -0.2) is 24.1 Å². The van der Waals surface area contributed by atoms with Crippen LogP contribution in [0.25, 0.3) is 0 Å². The Morgan fingerprint density at radius 3 is 2.43 bits per heavy atom. The van der Waals surface area contributed by atoms with Crippen molar-refractivity contribution >= 4 is 12.0 Å². The Balaban J connectivity index is 3.65. The molecule has 0 saturated heterocycles. The van der Waals surface area contributed by atoms with E-state index in [4.69, 9.17) is 10.5 Å². The van der Waals surface area contributed by atoms with Gasteiger partial charge in [0.1, 0.15) is 5.60 Å². The van der Waals surface area contributed by atoms with Crippen molar-refractivity contribution in [3.8, 4) is 0 Å². The molecule has 0 aromatic heterocycles. The van der Waals surface area contributed by atoms with Gasteiger partial charge in [-0.15, -0.1) is 0 Å². The van der Waals surface area contributed by atoms with Gasteiger partial charge in [0, 0.05) is 13.5 Å². The van der Waals surface area contributed by atoms with Gasteiger partial charge in [-0.2, -0.15) is 0 Å². The monoisotopic (exact) mass is 202 g/mol. The van der Waals surface area contributed by atoms with Gasteiger partial charge in [-0.3, -0.25) is 4.79 Å². The minimum atomic E-state index is -0.769. The lowest BCUT2D eigenvalue weighted by Gasteiger charge is -2.23. The van der Waals surface area contributed by atoms with Crippen LogP contribution in [0, 0.1) is 0 Å². The highest BCUT2D eigenvalue weighted by Gasteiger charge is 2.20. The molecule has 0 radical (unpaired) electrons. The second kappa shape index (κ2) is 5.47. The van der Waals surface area contributed by atoms with Crippen LogP contribution >= 0.6 is 0 Å². The molecule has 3 N–H and O–H groups in total. The predicted molar refractivity (Wildman–Crippen MR) is 52.7 cm³/mol. The molecule has 0 atom stereocenters. The van der Waals surface area contributed by atoms with Gasteiger partial charge in [0.05, 0.1) is 0 Å². The van der Waals surface area contributed by atoms with Crippen molar-refractivity contribution < 1.29 is 14.3 Å². The molecule has 82 valence electrons. The van der Waals surface area contributed by atoms with Gasteiger partial charge in [0.25, 0.3) is 0 Å². The fourth-order valence-corrected chi connectivity index (χ4v) is 1.10. The van der Waals surface area contributed by atoms with Gasteiger partial charge in [0.15, 0.2) is 0 Å². The third kappa shape index (κ3) is 7.39. The zero-order valence-electron chi connectivity index (χ0n) is 8.92. The molecule has 0 heterocycles. The van der Waals surface area contributed by atoms with Gasteiger partial charge in [-0.05, 0) is 26.7 Å². The van der Waals surface area contributed by atoms with E-state index >= 15 is 0 Å². The van der Waals surface area contributed by atoms with Crippen LogP contribution in [0.5, 0.6) is 0 Å². The van der Waals surface area contributed by atoms with Gasteiger partial charge in [0.2, 0.25) is 5.91 Å². The molecule has 0 aromatic carbocycles. The Hall–Kier alpha value is -1.26. The third-order valence-electron chi connectivity index (χ3n) is 1.71. The van der Waals surface area contributed by atoms with Crippen LogP contribution in [0.15, 0.2) is 0 Å². The van der Waals surface area contributed by atoms with Crippen molar-refractivity contribution in [2.75, 3.05) is 6.54 Å². The fourth-order valence-electron chi connectivity index (χ4n) is 1.10. The first-order chi connectivity index (χ1) is 6.33. The Labute approximate surface area is 84.0 Å². The SMILES string of the molecule is CC(=O)NCCCC(C)(C)OC(N)=O. The zero-order chi connectivity index (χ0) is 11.2. The standard InChI is InChI=1S/C9H18N2O3/c1-7(12)11-6-4-5-9(2,3)14-8(10)13/h4-6H2,1-3H3,(H2,10,13)(H,11,12). The second-order valence-electron chi connectivity index (χ2n) is 3.77. The normalized spacial score (nSPS) is 10.8. The molecule has 0 spiro atoms. The molecule has 0 unspecified atom stereocenters. The van der Waals surface area contributed by atoms with Crippen molar-refractivity contribution in [1.29, 1.82) is 0 Å². The van der Waals surface area contributed by atoms with E-state index in [1.54, 1.807) is 13.8 Å². The molecule has 0 aliphatic carbocycles. The van der Waals surface area contributed by atoms with Crippen LogP contribution in [-0.2, 0) is 9.53 Å². The molecule has 5 heteroatoms. The van der Waals surface area contributed by atoms with Gasteiger partial charge in [-0.1, -0.05) is 0 Å². The summed E-state index contributed by atoms with van der Waals surface area (Å²) in [5.74, 6) is -0.0568. The number of hydrogen-bond donors (Lipinski definition) is 2. The number of nitrogens with two attached hydrogens (primary N) is 1. The van der Waals surface area contributed by atoms with E-state index in [1.807, 2.05) is 0 Å². The van der Waals surface area contributed by atoms with Crippen molar-refractivity contribution in [2.24, 2.45) is 5.73 Å².